The fourth-order valence-electron chi connectivity index (χ4n) is 3.62. The second-order valence-corrected chi connectivity index (χ2v) is 6.30. The van der Waals surface area contributed by atoms with E-state index in [1.54, 1.807) is 19.5 Å². The molecule has 2 aliphatic heterocycles. The number of benzene rings is 1. The molecular weight excluding hydrogens is 320 g/mol. The molecule has 1 aromatic heterocycles. The molecule has 0 aliphatic carbocycles. The largest absolute Gasteiger partial charge is 0.494 e. The quantitative estimate of drug-likeness (QED) is 0.902. The molecule has 1 amide bonds. The molecule has 2 fully saturated rings. The van der Waals surface area contributed by atoms with Gasteiger partial charge in [-0.3, -0.25) is 4.79 Å². The maximum Gasteiger partial charge on any atom is 0.246 e. The van der Waals surface area contributed by atoms with Crippen LogP contribution in [0.5, 0.6) is 5.75 Å². The summed E-state index contributed by atoms with van der Waals surface area (Å²) >= 11 is 0. The number of nitrogens with zero attached hydrogens (tertiary/aromatic N) is 3. The fourth-order valence-corrected chi connectivity index (χ4v) is 3.62. The number of carbonyl (C=O) groups is 1. The zero-order valence-corrected chi connectivity index (χ0v) is 14.0. The van der Waals surface area contributed by atoms with E-state index in [9.17, 15) is 4.79 Å². The summed E-state index contributed by atoms with van der Waals surface area (Å²) in [5, 5.41) is 3.19. The van der Waals surface area contributed by atoms with Gasteiger partial charge in [0, 0.05) is 13.1 Å². The number of ether oxygens (including phenoxy) is 2. The summed E-state index contributed by atoms with van der Waals surface area (Å²) in [6.07, 6.45) is 3.88. The molecule has 4 rings (SSSR count). The maximum atomic E-state index is 12.0. The first kappa shape index (κ1) is 15.8. The zero-order chi connectivity index (χ0) is 17.3. The third-order valence-corrected chi connectivity index (χ3v) is 4.91. The number of hydrogen-bond donors (Lipinski definition) is 1. The van der Waals surface area contributed by atoms with Crippen LogP contribution in [0, 0.1) is 0 Å². The second-order valence-electron chi connectivity index (χ2n) is 6.30. The van der Waals surface area contributed by atoms with Crippen molar-refractivity contribution in [2.75, 3.05) is 31.7 Å². The van der Waals surface area contributed by atoms with E-state index in [1.165, 1.54) is 0 Å². The van der Waals surface area contributed by atoms with Crippen molar-refractivity contribution in [1.29, 1.82) is 0 Å². The van der Waals surface area contributed by atoms with Crippen molar-refractivity contribution in [1.82, 2.24) is 15.3 Å². The van der Waals surface area contributed by atoms with Gasteiger partial charge >= 0.3 is 0 Å². The van der Waals surface area contributed by atoms with Gasteiger partial charge in [0.2, 0.25) is 11.9 Å². The van der Waals surface area contributed by atoms with Crippen LogP contribution in [0.25, 0.3) is 0 Å². The van der Waals surface area contributed by atoms with Crippen LogP contribution in [0.2, 0.25) is 0 Å². The Hall–Kier alpha value is -2.67. The van der Waals surface area contributed by atoms with Gasteiger partial charge in [-0.1, -0.05) is 30.3 Å². The highest BCUT2D eigenvalue weighted by atomic mass is 16.5. The first-order chi connectivity index (χ1) is 12.2. The average molecular weight is 340 g/mol. The molecule has 1 N–H and O–H groups in total. The number of amides is 1. The predicted molar refractivity (Wildman–Crippen MR) is 91.4 cm³/mol. The van der Waals surface area contributed by atoms with Crippen molar-refractivity contribution in [3.05, 3.63) is 48.3 Å². The van der Waals surface area contributed by atoms with Crippen molar-refractivity contribution in [3.63, 3.8) is 0 Å². The lowest BCUT2D eigenvalue weighted by Crippen LogP contribution is -2.66. The Morgan fingerprint density at radius 3 is 2.76 bits per heavy atom. The molecule has 2 aliphatic rings. The zero-order valence-electron chi connectivity index (χ0n) is 14.0. The molecule has 25 heavy (non-hydrogen) atoms. The third kappa shape index (κ3) is 2.80. The molecule has 0 saturated carbocycles. The number of methoxy groups -OCH3 is 1. The molecular formula is C18H20N4O3. The van der Waals surface area contributed by atoms with Gasteiger partial charge in [0.05, 0.1) is 25.0 Å². The first-order valence-electron chi connectivity index (χ1n) is 8.30. The lowest BCUT2D eigenvalue weighted by molar-refractivity contribution is -0.146. The topological polar surface area (TPSA) is 76.6 Å². The standard InChI is InChI=1S/C18H20N4O3/c1-24-14-9-19-17(20-10-14)22-8-7-18(13-5-3-2-4-6-13)15(11-22)25-12-16(23)21-18/h2-6,9-10,15H,7-8,11-12H2,1H3,(H,21,23)/t15-,18+/m1/s1. The van der Waals surface area contributed by atoms with Gasteiger partial charge in [-0.05, 0) is 12.0 Å². The van der Waals surface area contributed by atoms with Crippen LogP contribution in [0.4, 0.5) is 5.95 Å². The minimum Gasteiger partial charge on any atom is -0.494 e. The molecule has 130 valence electrons. The first-order valence-corrected chi connectivity index (χ1v) is 8.30. The summed E-state index contributed by atoms with van der Waals surface area (Å²) < 4.78 is 11.0. The van der Waals surface area contributed by atoms with E-state index in [4.69, 9.17) is 9.47 Å². The predicted octanol–water partition coefficient (Wildman–Crippen LogP) is 1.11. The number of fused-ring (bicyclic) bond motifs is 1. The monoisotopic (exact) mass is 340 g/mol. The van der Waals surface area contributed by atoms with E-state index in [0.717, 1.165) is 18.5 Å². The number of aromatic nitrogens is 2. The van der Waals surface area contributed by atoms with Gasteiger partial charge in [-0.15, -0.1) is 0 Å². The molecule has 0 bridgehead atoms. The third-order valence-electron chi connectivity index (χ3n) is 4.91. The molecule has 7 heteroatoms. The molecule has 0 unspecified atom stereocenters. The van der Waals surface area contributed by atoms with Gasteiger partial charge < -0.3 is 19.7 Å². The molecule has 7 nitrogen and oxygen atoms in total. The Morgan fingerprint density at radius 2 is 2.04 bits per heavy atom. The van der Waals surface area contributed by atoms with Gasteiger partial charge in [0.15, 0.2) is 5.75 Å². The second kappa shape index (κ2) is 6.33. The normalized spacial score (nSPS) is 25.9. The Bertz CT molecular complexity index is 753. The summed E-state index contributed by atoms with van der Waals surface area (Å²) in [6, 6.07) is 10.0. The fraction of sp³-hybridized carbons (Fsp3) is 0.389. The lowest BCUT2D eigenvalue weighted by atomic mass is 9.77. The number of rotatable bonds is 3. The highest BCUT2D eigenvalue weighted by Crippen LogP contribution is 2.37. The molecule has 3 heterocycles. The molecule has 1 aromatic carbocycles. The summed E-state index contributed by atoms with van der Waals surface area (Å²) in [5.41, 5.74) is 0.572. The number of nitrogens with one attached hydrogen (secondary N) is 1. The Kier molecular flexibility index (Phi) is 4.01. The van der Waals surface area contributed by atoms with Crippen LogP contribution < -0.4 is 15.0 Å². The smallest absolute Gasteiger partial charge is 0.246 e. The van der Waals surface area contributed by atoms with Gasteiger partial charge in [0.25, 0.3) is 0 Å². The van der Waals surface area contributed by atoms with E-state index in [1.807, 2.05) is 30.3 Å². The molecule has 0 radical (unpaired) electrons. The van der Waals surface area contributed by atoms with Crippen molar-refractivity contribution in [2.24, 2.45) is 0 Å². The maximum absolute atomic E-state index is 12.0. The summed E-state index contributed by atoms with van der Waals surface area (Å²) in [6.45, 7) is 1.42. The molecule has 2 aromatic rings. The summed E-state index contributed by atoms with van der Waals surface area (Å²) in [4.78, 5) is 22.9. The van der Waals surface area contributed by atoms with Crippen molar-refractivity contribution < 1.29 is 14.3 Å². The van der Waals surface area contributed by atoms with E-state index >= 15 is 0 Å². The van der Waals surface area contributed by atoms with Gasteiger partial charge in [-0.2, -0.15) is 0 Å². The van der Waals surface area contributed by atoms with Crippen molar-refractivity contribution in [3.8, 4) is 5.75 Å². The van der Waals surface area contributed by atoms with E-state index in [2.05, 4.69) is 20.2 Å². The van der Waals surface area contributed by atoms with Crippen LogP contribution in [0.1, 0.15) is 12.0 Å². The number of hydrogen-bond acceptors (Lipinski definition) is 6. The Labute approximate surface area is 146 Å². The van der Waals surface area contributed by atoms with E-state index in [-0.39, 0.29) is 18.6 Å². The highest BCUT2D eigenvalue weighted by Gasteiger charge is 2.49. The molecule has 2 atom stereocenters. The van der Waals surface area contributed by atoms with Crippen LogP contribution in [0.15, 0.2) is 42.7 Å². The van der Waals surface area contributed by atoms with Crippen LogP contribution in [0.3, 0.4) is 0 Å². The van der Waals surface area contributed by atoms with Crippen LogP contribution in [-0.2, 0) is 15.1 Å². The van der Waals surface area contributed by atoms with Crippen molar-refractivity contribution >= 4 is 11.9 Å². The molecule has 2 saturated heterocycles. The minimum atomic E-state index is -0.500. The number of carbonyl (C=O) groups excluding carboxylic acids is 1. The SMILES string of the molecule is COc1cnc(N2CC[C@@]3(c4ccccc4)NC(=O)CO[C@@H]3C2)nc1. The molecule has 0 spiro atoms. The van der Waals surface area contributed by atoms with Crippen molar-refractivity contribution in [2.45, 2.75) is 18.1 Å². The van der Waals surface area contributed by atoms with E-state index in [0.29, 0.717) is 18.2 Å². The van der Waals surface area contributed by atoms with Gasteiger partial charge in [-0.25, -0.2) is 9.97 Å². The van der Waals surface area contributed by atoms with Crippen LogP contribution in [-0.4, -0.2) is 48.8 Å². The number of morpholine rings is 1. The summed E-state index contributed by atoms with van der Waals surface area (Å²) in [7, 11) is 1.59. The average Bonchev–Trinajstić information content (AvgIpc) is 2.68. The van der Waals surface area contributed by atoms with E-state index < -0.39 is 5.54 Å². The number of piperidine rings is 1. The highest BCUT2D eigenvalue weighted by molar-refractivity contribution is 5.79. The Morgan fingerprint density at radius 1 is 1.28 bits per heavy atom. The Balaban J connectivity index is 1.62. The van der Waals surface area contributed by atoms with Crippen LogP contribution >= 0.6 is 0 Å². The van der Waals surface area contributed by atoms with Gasteiger partial charge in [0.1, 0.15) is 12.7 Å². The minimum absolute atomic E-state index is 0.0748. The summed E-state index contributed by atoms with van der Waals surface area (Å²) in [5.74, 6) is 1.19. The lowest BCUT2D eigenvalue weighted by Gasteiger charge is -2.50. The number of anilines is 1.